The summed E-state index contributed by atoms with van der Waals surface area (Å²) in [7, 11) is 3.80. The summed E-state index contributed by atoms with van der Waals surface area (Å²) in [5.74, 6) is 0.799. The van der Waals surface area contributed by atoms with E-state index in [9.17, 15) is 0 Å². The van der Waals surface area contributed by atoms with Gasteiger partial charge in [-0.3, -0.25) is 0 Å². The minimum Gasteiger partial charge on any atom is -0.497 e. The van der Waals surface area contributed by atoms with Crippen molar-refractivity contribution in [1.82, 2.24) is 19.8 Å². The van der Waals surface area contributed by atoms with Gasteiger partial charge in [0.1, 0.15) is 12.3 Å². The summed E-state index contributed by atoms with van der Waals surface area (Å²) in [4.78, 5) is 3.78. The van der Waals surface area contributed by atoms with E-state index in [1.807, 2.05) is 24.3 Å². The third-order valence-corrected chi connectivity index (χ3v) is 5.92. The van der Waals surface area contributed by atoms with Gasteiger partial charge in [-0.05, 0) is 78.3 Å². The van der Waals surface area contributed by atoms with Crippen molar-refractivity contribution in [3.05, 3.63) is 58.9 Å². The number of aromatic nitrogens is 4. The van der Waals surface area contributed by atoms with Gasteiger partial charge in [0.15, 0.2) is 6.67 Å². The molecule has 0 aliphatic carbocycles. The Hall–Kier alpha value is -2.71. The highest BCUT2D eigenvalue weighted by molar-refractivity contribution is 7.71. The fourth-order valence-corrected chi connectivity index (χ4v) is 4.14. The van der Waals surface area contributed by atoms with Crippen molar-refractivity contribution in [2.24, 2.45) is 0 Å². The molecule has 0 bridgehead atoms. The van der Waals surface area contributed by atoms with Crippen molar-refractivity contribution in [2.75, 3.05) is 32.1 Å². The maximum Gasteiger partial charge on any atom is 0.225 e. The van der Waals surface area contributed by atoms with Gasteiger partial charge in [0.2, 0.25) is 4.77 Å². The maximum absolute atomic E-state index is 5.59. The predicted molar refractivity (Wildman–Crippen MR) is 120 cm³/mol. The van der Waals surface area contributed by atoms with Crippen molar-refractivity contribution in [2.45, 2.75) is 32.5 Å². The first-order chi connectivity index (χ1) is 14.6. The van der Waals surface area contributed by atoms with Crippen molar-refractivity contribution >= 4 is 17.9 Å². The van der Waals surface area contributed by atoms with E-state index in [1.165, 1.54) is 48.5 Å². The Morgan fingerprint density at radius 3 is 2.27 bits per heavy atom. The second-order valence-corrected chi connectivity index (χ2v) is 8.24. The number of quaternary nitrogens is 1. The van der Waals surface area contributed by atoms with Crippen LogP contribution >= 0.6 is 12.2 Å². The van der Waals surface area contributed by atoms with Crippen molar-refractivity contribution in [3.63, 3.8) is 0 Å². The average Bonchev–Trinajstić information content (AvgIpc) is 3.15. The molecule has 0 spiro atoms. The van der Waals surface area contributed by atoms with E-state index >= 15 is 0 Å². The Balaban J connectivity index is 1.38. The first-order valence-electron chi connectivity index (χ1n) is 10.5. The molecule has 1 fully saturated rings. The van der Waals surface area contributed by atoms with E-state index in [0.29, 0.717) is 11.4 Å². The number of rotatable bonds is 7. The number of ether oxygens (including phenoxy) is 1. The molecule has 1 aliphatic heterocycles. The zero-order chi connectivity index (χ0) is 20.9. The molecule has 1 N–H and O–H groups in total. The highest BCUT2D eigenvalue weighted by atomic mass is 32.1. The second kappa shape index (κ2) is 9.40. The van der Waals surface area contributed by atoms with Crippen LogP contribution in [0, 0.1) is 4.77 Å². The molecule has 0 saturated carbocycles. The van der Waals surface area contributed by atoms with Gasteiger partial charge in [0.25, 0.3) is 0 Å². The molecule has 4 rings (SSSR count). The Morgan fingerprint density at radius 2 is 1.60 bits per heavy atom. The van der Waals surface area contributed by atoms with Crippen molar-refractivity contribution < 1.29 is 9.64 Å². The maximum atomic E-state index is 5.59. The van der Waals surface area contributed by atoms with Crippen molar-refractivity contribution in [3.8, 4) is 11.4 Å². The largest absolute Gasteiger partial charge is 0.497 e. The standard InChI is InChI=1S/C22H28N6OS/c1-25(16-18-6-8-19(9-7-18)26-14-4-3-5-15-26)17-27-22(30)28(24-23-27)20-10-12-21(29-2)13-11-20/h6-13H,3-5,14-17H2,1-2H3/p+1. The first kappa shape index (κ1) is 20.6. The molecule has 1 atom stereocenters. The zero-order valence-corrected chi connectivity index (χ0v) is 18.4. The molecule has 3 aromatic rings. The van der Waals surface area contributed by atoms with Gasteiger partial charge in [-0.1, -0.05) is 12.1 Å². The summed E-state index contributed by atoms with van der Waals surface area (Å²) >= 11 is 5.59. The number of methoxy groups -OCH3 is 1. The smallest absolute Gasteiger partial charge is 0.225 e. The molecule has 30 heavy (non-hydrogen) atoms. The van der Waals surface area contributed by atoms with Crippen LogP contribution in [0.3, 0.4) is 0 Å². The lowest BCUT2D eigenvalue weighted by atomic mass is 10.1. The minimum absolute atomic E-state index is 0.583. The zero-order valence-electron chi connectivity index (χ0n) is 17.6. The van der Waals surface area contributed by atoms with Crippen LogP contribution in [-0.4, -0.2) is 47.0 Å². The Morgan fingerprint density at radius 1 is 0.933 bits per heavy atom. The highest BCUT2D eigenvalue weighted by Crippen LogP contribution is 2.20. The molecule has 1 saturated heterocycles. The monoisotopic (exact) mass is 425 g/mol. The lowest BCUT2D eigenvalue weighted by Crippen LogP contribution is -3.07. The molecule has 0 amide bonds. The molecule has 7 nitrogen and oxygen atoms in total. The van der Waals surface area contributed by atoms with E-state index in [0.717, 1.165) is 18.0 Å². The fourth-order valence-electron chi connectivity index (χ4n) is 3.90. The topological polar surface area (TPSA) is 52.5 Å². The Labute approximate surface area is 182 Å². The molecule has 158 valence electrons. The summed E-state index contributed by atoms with van der Waals surface area (Å²) in [6, 6.07) is 16.6. The lowest BCUT2D eigenvalue weighted by Gasteiger charge is -2.28. The summed E-state index contributed by atoms with van der Waals surface area (Å²) in [6.07, 6.45) is 3.95. The molecule has 1 aliphatic rings. The van der Waals surface area contributed by atoms with E-state index in [4.69, 9.17) is 17.0 Å². The van der Waals surface area contributed by atoms with Gasteiger partial charge in [-0.2, -0.15) is 9.36 Å². The van der Waals surface area contributed by atoms with Crippen molar-refractivity contribution in [1.29, 1.82) is 0 Å². The van der Waals surface area contributed by atoms with Crippen LogP contribution in [0.25, 0.3) is 5.69 Å². The van der Waals surface area contributed by atoms with Gasteiger partial charge in [-0.15, -0.1) is 0 Å². The molecule has 2 heterocycles. The lowest BCUT2D eigenvalue weighted by molar-refractivity contribution is -0.917. The number of nitrogens with zero attached hydrogens (tertiary/aromatic N) is 5. The highest BCUT2D eigenvalue weighted by Gasteiger charge is 2.13. The normalized spacial score (nSPS) is 15.2. The number of anilines is 1. The van der Waals surface area contributed by atoms with Crippen LogP contribution in [0.1, 0.15) is 24.8 Å². The van der Waals surface area contributed by atoms with Gasteiger partial charge in [0.05, 0.1) is 19.8 Å². The second-order valence-electron chi connectivity index (χ2n) is 7.88. The van der Waals surface area contributed by atoms with Crippen LogP contribution in [-0.2, 0) is 13.2 Å². The molecule has 1 unspecified atom stereocenters. The number of hydrogen-bond acceptors (Lipinski definition) is 5. The molecular formula is C22H29N6OS+. The third kappa shape index (κ3) is 4.71. The van der Waals surface area contributed by atoms with Gasteiger partial charge in [0, 0.05) is 24.3 Å². The third-order valence-electron chi connectivity index (χ3n) is 5.54. The summed E-state index contributed by atoms with van der Waals surface area (Å²) in [5.41, 5.74) is 3.51. The van der Waals surface area contributed by atoms with Gasteiger partial charge >= 0.3 is 0 Å². The van der Waals surface area contributed by atoms with Crippen LogP contribution in [0.15, 0.2) is 48.5 Å². The van der Waals surface area contributed by atoms with Crippen LogP contribution in [0.5, 0.6) is 5.75 Å². The molecule has 8 heteroatoms. The Bertz CT molecular complexity index is 1010. The van der Waals surface area contributed by atoms with Crippen LogP contribution in [0.2, 0.25) is 0 Å². The quantitative estimate of drug-likeness (QED) is 0.590. The van der Waals surface area contributed by atoms with E-state index in [1.54, 1.807) is 16.5 Å². The van der Waals surface area contributed by atoms with E-state index in [-0.39, 0.29) is 0 Å². The molecule has 1 aromatic heterocycles. The van der Waals surface area contributed by atoms with Crippen LogP contribution in [0.4, 0.5) is 5.69 Å². The van der Waals surface area contributed by atoms with Gasteiger partial charge < -0.3 is 14.5 Å². The fraction of sp³-hybridized carbons (Fsp3) is 0.409. The summed E-state index contributed by atoms with van der Waals surface area (Å²) in [6.45, 7) is 3.90. The van der Waals surface area contributed by atoms with Gasteiger partial charge in [-0.25, -0.2) is 0 Å². The minimum atomic E-state index is 0.583. The predicted octanol–water partition coefficient (Wildman–Crippen LogP) is 2.47. The number of benzene rings is 2. The molecule has 0 radical (unpaired) electrons. The number of hydrogen-bond donors (Lipinski definition) is 1. The number of tetrazole rings is 1. The van der Waals surface area contributed by atoms with Crippen LogP contribution < -0.4 is 14.5 Å². The molecular weight excluding hydrogens is 396 g/mol. The first-order valence-corrected chi connectivity index (χ1v) is 10.9. The van der Waals surface area contributed by atoms with E-state index < -0.39 is 0 Å². The summed E-state index contributed by atoms with van der Waals surface area (Å²) < 4.78 is 9.24. The number of nitrogens with one attached hydrogen (secondary N) is 1. The van der Waals surface area contributed by atoms with E-state index in [2.05, 4.69) is 46.6 Å². The average molecular weight is 426 g/mol. The molecule has 2 aromatic carbocycles. The summed E-state index contributed by atoms with van der Waals surface area (Å²) in [5, 5.41) is 8.49. The number of piperidine rings is 1. The SMILES string of the molecule is COc1ccc(-n2nnn(C[NH+](C)Cc3ccc(N4CCCCC4)cc3)c2=S)cc1. The Kier molecular flexibility index (Phi) is 6.44.